The van der Waals surface area contributed by atoms with E-state index >= 15 is 0 Å². The average molecular weight is 319 g/mol. The molecule has 0 aromatic carbocycles. The van der Waals surface area contributed by atoms with Crippen LogP contribution in [0.25, 0.3) is 0 Å². The summed E-state index contributed by atoms with van der Waals surface area (Å²) in [6.45, 7) is 15.3. The van der Waals surface area contributed by atoms with Crippen molar-refractivity contribution in [2.45, 2.75) is 27.2 Å². The summed E-state index contributed by atoms with van der Waals surface area (Å²) in [4.78, 5) is 18.8. The summed E-state index contributed by atoms with van der Waals surface area (Å²) >= 11 is 0. The lowest BCUT2D eigenvalue weighted by molar-refractivity contribution is 0.0935. The Morgan fingerprint density at radius 2 is 1.81 bits per heavy atom. The van der Waals surface area contributed by atoms with Gasteiger partial charge in [0, 0.05) is 52.4 Å². The lowest BCUT2D eigenvalue weighted by Gasteiger charge is -2.40. The van der Waals surface area contributed by atoms with Crippen LogP contribution in [0, 0.1) is 5.41 Å². The zero-order valence-electron chi connectivity index (χ0n) is 13.7. The maximum Gasteiger partial charge on any atom is 0.320 e. The molecule has 0 bridgehead atoms. The highest BCUT2D eigenvalue weighted by Gasteiger charge is 2.32. The van der Waals surface area contributed by atoms with E-state index in [-0.39, 0.29) is 18.4 Å². The third kappa shape index (κ3) is 4.73. The highest BCUT2D eigenvalue weighted by molar-refractivity contribution is 5.85. The van der Waals surface area contributed by atoms with Gasteiger partial charge >= 0.3 is 6.03 Å². The van der Waals surface area contributed by atoms with Gasteiger partial charge in [0.05, 0.1) is 0 Å². The molecule has 124 valence electrons. The van der Waals surface area contributed by atoms with Gasteiger partial charge in [0.1, 0.15) is 0 Å². The van der Waals surface area contributed by atoms with Crippen LogP contribution in [0.3, 0.4) is 0 Å². The molecule has 2 rings (SSSR count). The van der Waals surface area contributed by atoms with Gasteiger partial charge in [-0.2, -0.15) is 0 Å². The molecule has 1 unspecified atom stereocenters. The van der Waals surface area contributed by atoms with Crippen LogP contribution in [0.1, 0.15) is 27.2 Å². The number of rotatable bonds is 4. The summed E-state index contributed by atoms with van der Waals surface area (Å²) in [5, 5.41) is 3.46. The Morgan fingerprint density at radius 1 is 1.19 bits per heavy atom. The largest absolute Gasteiger partial charge is 0.325 e. The molecular formula is C15H31ClN4O. The first kappa shape index (κ1) is 18.5. The van der Waals surface area contributed by atoms with E-state index in [1.807, 2.05) is 23.6 Å². The lowest BCUT2D eigenvalue weighted by Crippen LogP contribution is -2.54. The summed E-state index contributed by atoms with van der Waals surface area (Å²) in [6, 6.07) is 0.211. The lowest BCUT2D eigenvalue weighted by atomic mass is 9.89. The van der Waals surface area contributed by atoms with Crippen molar-refractivity contribution in [3.05, 3.63) is 0 Å². The molecule has 2 aliphatic heterocycles. The highest BCUT2D eigenvalue weighted by Crippen LogP contribution is 2.26. The van der Waals surface area contributed by atoms with Gasteiger partial charge in [-0.15, -0.1) is 12.4 Å². The predicted molar refractivity (Wildman–Crippen MR) is 89.2 cm³/mol. The minimum absolute atomic E-state index is 0. The van der Waals surface area contributed by atoms with Gasteiger partial charge in [-0.1, -0.05) is 6.92 Å². The fourth-order valence-corrected chi connectivity index (χ4v) is 3.33. The van der Waals surface area contributed by atoms with E-state index in [1.165, 1.54) is 6.42 Å². The third-order valence-corrected chi connectivity index (χ3v) is 4.74. The molecule has 21 heavy (non-hydrogen) atoms. The summed E-state index contributed by atoms with van der Waals surface area (Å²) in [5.41, 5.74) is 0.422. The molecule has 0 spiro atoms. The van der Waals surface area contributed by atoms with Crippen molar-refractivity contribution in [2.24, 2.45) is 5.41 Å². The van der Waals surface area contributed by atoms with Gasteiger partial charge in [0.2, 0.25) is 0 Å². The number of carbonyl (C=O) groups is 1. The molecule has 2 fully saturated rings. The molecule has 0 saturated carbocycles. The number of urea groups is 1. The number of nitrogens with zero attached hydrogens (tertiary/aromatic N) is 3. The standard InChI is InChI=1S/C15H30N4O.ClH/c1-4-18(5-2)14(20)19-10-8-17(9-11-19)13-15(3)6-7-16-12-15;/h16H,4-13H2,1-3H3;1H. The maximum absolute atomic E-state index is 12.3. The van der Waals surface area contributed by atoms with Crippen LogP contribution >= 0.6 is 12.4 Å². The SMILES string of the molecule is CCN(CC)C(=O)N1CCN(CC2(C)CCNC2)CC1.Cl. The molecule has 0 aromatic heterocycles. The fourth-order valence-electron chi connectivity index (χ4n) is 3.33. The molecule has 0 aliphatic carbocycles. The fraction of sp³-hybridized carbons (Fsp3) is 0.933. The van der Waals surface area contributed by atoms with Gasteiger partial charge in [0.15, 0.2) is 0 Å². The van der Waals surface area contributed by atoms with Gasteiger partial charge in [0.25, 0.3) is 0 Å². The van der Waals surface area contributed by atoms with Crippen LogP contribution in [0.5, 0.6) is 0 Å². The Hall–Kier alpha value is -0.520. The van der Waals surface area contributed by atoms with Gasteiger partial charge in [-0.25, -0.2) is 4.79 Å². The summed E-state index contributed by atoms with van der Waals surface area (Å²) in [7, 11) is 0. The quantitative estimate of drug-likeness (QED) is 0.853. The first-order valence-electron chi connectivity index (χ1n) is 8.05. The maximum atomic E-state index is 12.3. The highest BCUT2D eigenvalue weighted by atomic mass is 35.5. The van der Waals surface area contributed by atoms with Crippen LogP contribution in [0.4, 0.5) is 4.79 Å². The Labute approximate surface area is 135 Å². The van der Waals surface area contributed by atoms with E-state index in [1.54, 1.807) is 0 Å². The Morgan fingerprint density at radius 3 is 2.29 bits per heavy atom. The minimum atomic E-state index is 0. The number of hydrogen-bond donors (Lipinski definition) is 1. The van der Waals surface area contributed by atoms with Crippen molar-refractivity contribution in [3.63, 3.8) is 0 Å². The summed E-state index contributed by atoms with van der Waals surface area (Å²) in [6.07, 6.45) is 1.27. The van der Waals surface area contributed by atoms with E-state index in [0.29, 0.717) is 5.41 Å². The van der Waals surface area contributed by atoms with Crippen molar-refractivity contribution < 1.29 is 4.79 Å². The number of halogens is 1. The topological polar surface area (TPSA) is 38.8 Å². The molecule has 2 heterocycles. The zero-order chi connectivity index (χ0) is 14.6. The normalized spacial score (nSPS) is 26.5. The predicted octanol–water partition coefficient (Wildman–Crippen LogP) is 1.49. The monoisotopic (exact) mass is 318 g/mol. The number of piperazine rings is 1. The van der Waals surface area contributed by atoms with Crippen molar-refractivity contribution in [1.82, 2.24) is 20.0 Å². The Bertz CT molecular complexity index is 322. The van der Waals surface area contributed by atoms with E-state index in [0.717, 1.165) is 58.9 Å². The van der Waals surface area contributed by atoms with Crippen LogP contribution < -0.4 is 5.32 Å². The van der Waals surface area contributed by atoms with Crippen molar-refractivity contribution in [3.8, 4) is 0 Å². The molecular weight excluding hydrogens is 288 g/mol. The van der Waals surface area contributed by atoms with E-state index in [9.17, 15) is 4.79 Å². The summed E-state index contributed by atoms with van der Waals surface area (Å²) < 4.78 is 0. The number of carbonyl (C=O) groups excluding carboxylic acids is 1. The first-order valence-corrected chi connectivity index (χ1v) is 8.05. The second kappa shape index (κ2) is 8.20. The molecule has 5 nitrogen and oxygen atoms in total. The second-order valence-electron chi connectivity index (χ2n) is 6.46. The molecule has 2 aliphatic rings. The Balaban J connectivity index is 0.00000220. The van der Waals surface area contributed by atoms with Crippen LogP contribution in [-0.4, -0.2) is 79.6 Å². The average Bonchev–Trinajstić information content (AvgIpc) is 2.87. The van der Waals surface area contributed by atoms with Crippen LogP contribution in [-0.2, 0) is 0 Å². The van der Waals surface area contributed by atoms with E-state index in [2.05, 4.69) is 17.1 Å². The van der Waals surface area contributed by atoms with Crippen LogP contribution in [0.15, 0.2) is 0 Å². The van der Waals surface area contributed by atoms with Gasteiger partial charge < -0.3 is 15.1 Å². The van der Waals surface area contributed by atoms with Crippen molar-refractivity contribution >= 4 is 18.4 Å². The molecule has 1 N–H and O–H groups in total. The molecule has 0 radical (unpaired) electrons. The summed E-state index contributed by atoms with van der Waals surface area (Å²) in [5.74, 6) is 0. The molecule has 2 saturated heterocycles. The smallest absolute Gasteiger partial charge is 0.320 e. The molecule has 0 aromatic rings. The first-order chi connectivity index (χ1) is 9.58. The molecule has 6 heteroatoms. The van der Waals surface area contributed by atoms with Crippen LogP contribution in [0.2, 0.25) is 0 Å². The minimum Gasteiger partial charge on any atom is -0.325 e. The van der Waals surface area contributed by atoms with Gasteiger partial charge in [-0.05, 0) is 32.2 Å². The number of amides is 2. The van der Waals surface area contributed by atoms with E-state index < -0.39 is 0 Å². The second-order valence-corrected chi connectivity index (χ2v) is 6.46. The molecule has 1 atom stereocenters. The third-order valence-electron chi connectivity index (χ3n) is 4.74. The van der Waals surface area contributed by atoms with Gasteiger partial charge in [-0.3, -0.25) is 4.90 Å². The van der Waals surface area contributed by atoms with E-state index in [4.69, 9.17) is 0 Å². The number of hydrogen-bond acceptors (Lipinski definition) is 3. The van der Waals surface area contributed by atoms with Crippen molar-refractivity contribution in [1.29, 1.82) is 0 Å². The zero-order valence-corrected chi connectivity index (χ0v) is 14.5. The van der Waals surface area contributed by atoms with Crippen molar-refractivity contribution in [2.75, 3.05) is 58.9 Å². The molecule has 2 amide bonds. The number of nitrogens with one attached hydrogen (secondary N) is 1. The Kier molecular flexibility index (Phi) is 7.24.